The van der Waals surface area contributed by atoms with Crippen molar-refractivity contribution in [2.75, 3.05) is 38.3 Å². The SMILES string of the molecule is COCCNCCCS(=O)(=O)CC(=O)OC(C)(C)C. The summed E-state index contributed by atoms with van der Waals surface area (Å²) in [6.45, 7) is 6.97. The van der Waals surface area contributed by atoms with Crippen LogP contribution in [0.15, 0.2) is 0 Å². The highest BCUT2D eigenvalue weighted by Crippen LogP contribution is 2.08. The van der Waals surface area contributed by atoms with Crippen LogP contribution in [-0.2, 0) is 24.1 Å². The van der Waals surface area contributed by atoms with E-state index in [1.165, 1.54) is 0 Å². The Kier molecular flexibility index (Phi) is 8.20. The lowest BCUT2D eigenvalue weighted by Gasteiger charge is -2.19. The Morgan fingerprint density at radius 1 is 1.21 bits per heavy atom. The monoisotopic (exact) mass is 295 g/mol. The molecule has 0 saturated heterocycles. The first kappa shape index (κ1) is 18.3. The zero-order valence-corrected chi connectivity index (χ0v) is 13.0. The maximum absolute atomic E-state index is 11.7. The normalized spacial score (nSPS) is 12.4. The number of esters is 1. The average Bonchev–Trinajstić information content (AvgIpc) is 2.19. The first-order chi connectivity index (χ1) is 8.66. The van der Waals surface area contributed by atoms with Crippen LogP contribution in [0.5, 0.6) is 0 Å². The van der Waals surface area contributed by atoms with Crippen molar-refractivity contribution >= 4 is 15.8 Å². The molecular weight excluding hydrogens is 270 g/mol. The molecule has 0 amide bonds. The van der Waals surface area contributed by atoms with E-state index in [-0.39, 0.29) is 5.75 Å². The molecule has 0 radical (unpaired) electrons. The second kappa shape index (κ2) is 8.50. The van der Waals surface area contributed by atoms with Crippen LogP contribution < -0.4 is 5.32 Å². The first-order valence-electron chi connectivity index (χ1n) is 6.28. The van der Waals surface area contributed by atoms with Gasteiger partial charge in [0.1, 0.15) is 11.4 Å². The average molecular weight is 295 g/mol. The summed E-state index contributed by atoms with van der Waals surface area (Å²) < 4.78 is 33.2. The van der Waals surface area contributed by atoms with E-state index in [0.29, 0.717) is 26.1 Å². The van der Waals surface area contributed by atoms with Crippen LogP contribution in [-0.4, -0.2) is 58.3 Å². The van der Waals surface area contributed by atoms with Gasteiger partial charge in [0.15, 0.2) is 9.84 Å². The first-order valence-corrected chi connectivity index (χ1v) is 8.10. The molecule has 0 fully saturated rings. The number of ether oxygens (including phenoxy) is 2. The zero-order valence-electron chi connectivity index (χ0n) is 12.2. The van der Waals surface area contributed by atoms with Gasteiger partial charge in [0.2, 0.25) is 0 Å². The van der Waals surface area contributed by atoms with Gasteiger partial charge in [-0.05, 0) is 33.7 Å². The molecule has 0 aliphatic heterocycles. The molecule has 0 saturated carbocycles. The van der Waals surface area contributed by atoms with Gasteiger partial charge in [-0.3, -0.25) is 4.79 Å². The third-order valence-corrected chi connectivity index (χ3v) is 3.64. The van der Waals surface area contributed by atoms with Crippen LogP contribution in [0.3, 0.4) is 0 Å². The molecule has 114 valence electrons. The van der Waals surface area contributed by atoms with Crippen molar-refractivity contribution < 1.29 is 22.7 Å². The molecule has 0 heterocycles. The fourth-order valence-electron chi connectivity index (χ4n) is 1.34. The third-order valence-electron chi connectivity index (χ3n) is 2.05. The van der Waals surface area contributed by atoms with E-state index in [0.717, 1.165) is 0 Å². The van der Waals surface area contributed by atoms with E-state index in [2.05, 4.69) is 5.32 Å². The lowest BCUT2D eigenvalue weighted by atomic mass is 10.2. The Bertz CT molecular complexity index is 359. The van der Waals surface area contributed by atoms with E-state index in [9.17, 15) is 13.2 Å². The summed E-state index contributed by atoms with van der Waals surface area (Å²) in [4.78, 5) is 11.4. The predicted octanol–water partition coefficient (Wildman–Crippen LogP) is 0.369. The Balaban J connectivity index is 3.89. The Morgan fingerprint density at radius 2 is 1.84 bits per heavy atom. The molecule has 0 aromatic carbocycles. The van der Waals surface area contributed by atoms with Gasteiger partial charge in [0, 0.05) is 13.7 Å². The highest BCUT2D eigenvalue weighted by atomic mass is 32.2. The summed E-state index contributed by atoms with van der Waals surface area (Å²) in [6.07, 6.45) is 0.467. The van der Waals surface area contributed by atoms with Crippen LogP contribution in [0.2, 0.25) is 0 Å². The van der Waals surface area contributed by atoms with Gasteiger partial charge in [0.25, 0.3) is 0 Å². The molecule has 0 atom stereocenters. The number of hydrogen-bond acceptors (Lipinski definition) is 6. The van der Waals surface area contributed by atoms with Gasteiger partial charge < -0.3 is 14.8 Å². The molecule has 19 heavy (non-hydrogen) atoms. The molecule has 0 bridgehead atoms. The number of nitrogens with one attached hydrogen (secondary N) is 1. The van der Waals surface area contributed by atoms with Gasteiger partial charge in [-0.25, -0.2) is 8.42 Å². The molecule has 0 aliphatic carbocycles. The summed E-state index contributed by atoms with van der Waals surface area (Å²) in [7, 11) is -1.79. The summed E-state index contributed by atoms with van der Waals surface area (Å²) in [5.74, 6) is -1.27. The summed E-state index contributed by atoms with van der Waals surface area (Å²) in [6, 6.07) is 0. The quantitative estimate of drug-likeness (QED) is 0.489. The van der Waals surface area contributed by atoms with E-state index in [1.807, 2.05) is 0 Å². The van der Waals surface area contributed by atoms with Crippen LogP contribution in [0.25, 0.3) is 0 Å². The molecule has 0 rings (SSSR count). The number of methoxy groups -OCH3 is 1. The molecular formula is C12H25NO5S. The number of hydrogen-bond donors (Lipinski definition) is 1. The van der Waals surface area contributed by atoms with Crippen molar-refractivity contribution in [3.8, 4) is 0 Å². The van der Waals surface area contributed by atoms with Crippen molar-refractivity contribution in [2.45, 2.75) is 32.8 Å². The topological polar surface area (TPSA) is 81.7 Å². The molecule has 0 aromatic rings. The minimum Gasteiger partial charge on any atom is -0.459 e. The molecule has 7 heteroatoms. The fourth-order valence-corrected chi connectivity index (χ4v) is 2.49. The van der Waals surface area contributed by atoms with Crippen LogP contribution >= 0.6 is 0 Å². The summed E-state index contributed by atoms with van der Waals surface area (Å²) in [5, 5.41) is 3.04. The number of carbonyl (C=O) groups excluding carboxylic acids is 1. The standard InChI is InChI=1S/C12H25NO5S/c1-12(2,3)18-11(14)10-19(15,16)9-5-6-13-7-8-17-4/h13H,5-10H2,1-4H3. The minimum absolute atomic E-state index is 0.0216. The van der Waals surface area contributed by atoms with E-state index >= 15 is 0 Å². The van der Waals surface area contributed by atoms with Crippen LogP contribution in [0.1, 0.15) is 27.2 Å². The Morgan fingerprint density at radius 3 is 2.37 bits per heavy atom. The Hall–Kier alpha value is -0.660. The van der Waals surface area contributed by atoms with Crippen molar-refractivity contribution in [3.63, 3.8) is 0 Å². The van der Waals surface area contributed by atoms with Crippen molar-refractivity contribution in [3.05, 3.63) is 0 Å². The maximum Gasteiger partial charge on any atom is 0.321 e. The van der Waals surface area contributed by atoms with Crippen LogP contribution in [0.4, 0.5) is 0 Å². The minimum atomic E-state index is -3.39. The lowest BCUT2D eigenvalue weighted by molar-refractivity contribution is -0.151. The molecule has 0 aromatic heterocycles. The van der Waals surface area contributed by atoms with E-state index in [1.54, 1.807) is 27.9 Å². The summed E-state index contributed by atoms with van der Waals surface area (Å²) in [5.41, 5.74) is -0.658. The van der Waals surface area contributed by atoms with Gasteiger partial charge in [0.05, 0.1) is 12.4 Å². The molecule has 1 N–H and O–H groups in total. The highest BCUT2D eigenvalue weighted by Gasteiger charge is 2.22. The fraction of sp³-hybridized carbons (Fsp3) is 0.917. The largest absolute Gasteiger partial charge is 0.459 e. The van der Waals surface area contributed by atoms with Gasteiger partial charge >= 0.3 is 5.97 Å². The second-order valence-corrected chi connectivity index (χ2v) is 7.46. The molecule has 0 unspecified atom stereocenters. The number of carbonyl (C=O) groups is 1. The lowest BCUT2D eigenvalue weighted by Crippen LogP contribution is -2.30. The van der Waals surface area contributed by atoms with Crippen molar-refractivity contribution in [1.82, 2.24) is 5.32 Å². The van der Waals surface area contributed by atoms with Gasteiger partial charge in [-0.15, -0.1) is 0 Å². The zero-order chi connectivity index (χ0) is 14.9. The smallest absolute Gasteiger partial charge is 0.321 e. The van der Waals surface area contributed by atoms with E-state index < -0.39 is 27.2 Å². The Labute approximate surface area is 115 Å². The molecule has 0 aliphatic rings. The van der Waals surface area contributed by atoms with Crippen molar-refractivity contribution in [2.24, 2.45) is 0 Å². The number of sulfone groups is 1. The maximum atomic E-state index is 11.7. The van der Waals surface area contributed by atoms with E-state index in [4.69, 9.17) is 9.47 Å². The third kappa shape index (κ3) is 12.1. The second-order valence-electron chi connectivity index (χ2n) is 5.27. The molecule has 6 nitrogen and oxygen atoms in total. The van der Waals surface area contributed by atoms with Crippen LogP contribution in [0, 0.1) is 0 Å². The molecule has 0 spiro atoms. The van der Waals surface area contributed by atoms with Crippen molar-refractivity contribution in [1.29, 1.82) is 0 Å². The number of rotatable bonds is 9. The van der Waals surface area contributed by atoms with Gasteiger partial charge in [-0.2, -0.15) is 0 Å². The van der Waals surface area contributed by atoms with Gasteiger partial charge in [-0.1, -0.05) is 0 Å². The summed E-state index contributed by atoms with van der Waals surface area (Å²) >= 11 is 0. The highest BCUT2D eigenvalue weighted by molar-refractivity contribution is 7.92. The predicted molar refractivity (Wildman–Crippen MR) is 73.9 cm³/mol.